The Labute approximate surface area is 138 Å². The molecule has 2 rings (SSSR count). The van der Waals surface area contributed by atoms with Crippen LogP contribution in [0.15, 0.2) is 54.6 Å². The molecule has 0 aliphatic heterocycles. The largest absolute Gasteiger partial charge is 0.377 e. The van der Waals surface area contributed by atoms with Crippen LogP contribution in [0, 0.1) is 3.57 Å². The van der Waals surface area contributed by atoms with Crippen LogP contribution in [-0.2, 0) is 11.3 Å². The monoisotopic (exact) mass is 395 g/mol. The first-order valence-corrected chi connectivity index (χ1v) is 7.99. The molecule has 0 fully saturated rings. The van der Waals surface area contributed by atoms with Crippen molar-refractivity contribution in [1.29, 1.82) is 0 Å². The fourth-order valence-electron chi connectivity index (χ4n) is 1.88. The molecule has 0 bridgehead atoms. The minimum atomic E-state index is -0.0249. The third-order valence-electron chi connectivity index (χ3n) is 2.98. The zero-order valence-electron chi connectivity index (χ0n) is 11.7. The zero-order valence-corrected chi connectivity index (χ0v) is 13.9. The molecule has 0 radical (unpaired) electrons. The highest BCUT2D eigenvalue weighted by molar-refractivity contribution is 14.1. The molecule has 1 N–H and O–H groups in total. The molecule has 4 heteroatoms. The molecule has 2 aromatic rings. The van der Waals surface area contributed by atoms with Crippen molar-refractivity contribution in [3.63, 3.8) is 0 Å². The van der Waals surface area contributed by atoms with Crippen molar-refractivity contribution >= 4 is 28.5 Å². The fourth-order valence-corrected chi connectivity index (χ4v) is 2.51. The number of carbonyl (C=O) groups is 1. The van der Waals surface area contributed by atoms with E-state index in [0.29, 0.717) is 19.8 Å². The first-order chi connectivity index (χ1) is 10.3. The molecular formula is C17H18INO2. The van der Waals surface area contributed by atoms with Gasteiger partial charge >= 0.3 is 0 Å². The zero-order chi connectivity index (χ0) is 14.9. The van der Waals surface area contributed by atoms with Gasteiger partial charge in [-0.05, 0) is 46.7 Å². The lowest BCUT2D eigenvalue weighted by atomic mass is 10.2. The highest BCUT2D eigenvalue weighted by Crippen LogP contribution is 2.10. The first-order valence-electron chi connectivity index (χ1n) is 6.92. The normalized spacial score (nSPS) is 10.3. The van der Waals surface area contributed by atoms with Crippen LogP contribution in [0.3, 0.4) is 0 Å². The molecule has 0 saturated heterocycles. The highest BCUT2D eigenvalue weighted by Gasteiger charge is 2.07. The summed E-state index contributed by atoms with van der Waals surface area (Å²) in [6, 6.07) is 17.6. The predicted octanol–water partition coefficient (Wildman–Crippen LogP) is 3.63. The number of hydrogen-bond donors (Lipinski definition) is 1. The van der Waals surface area contributed by atoms with Crippen LogP contribution in [-0.4, -0.2) is 19.1 Å². The second-order valence-electron chi connectivity index (χ2n) is 4.63. The van der Waals surface area contributed by atoms with Crippen molar-refractivity contribution in [3.05, 3.63) is 69.3 Å². The van der Waals surface area contributed by atoms with Crippen molar-refractivity contribution in [2.45, 2.75) is 13.0 Å². The maximum absolute atomic E-state index is 12.0. The van der Waals surface area contributed by atoms with Gasteiger partial charge in [0, 0.05) is 16.7 Å². The third kappa shape index (κ3) is 5.47. The van der Waals surface area contributed by atoms with Crippen LogP contribution in [0.4, 0.5) is 0 Å². The Morgan fingerprint density at radius 3 is 2.52 bits per heavy atom. The molecule has 0 spiro atoms. The molecule has 0 saturated carbocycles. The van der Waals surface area contributed by atoms with Crippen LogP contribution in [0.2, 0.25) is 0 Å². The van der Waals surface area contributed by atoms with Gasteiger partial charge in [0.2, 0.25) is 0 Å². The summed E-state index contributed by atoms with van der Waals surface area (Å²) in [6.07, 6.45) is 0.808. The van der Waals surface area contributed by atoms with Crippen molar-refractivity contribution in [2.75, 3.05) is 13.2 Å². The Bertz CT molecular complexity index is 572. The van der Waals surface area contributed by atoms with Gasteiger partial charge in [0.05, 0.1) is 12.2 Å². The lowest BCUT2D eigenvalue weighted by molar-refractivity contribution is 0.0933. The van der Waals surface area contributed by atoms with E-state index in [1.807, 2.05) is 54.6 Å². The van der Waals surface area contributed by atoms with E-state index in [0.717, 1.165) is 15.6 Å². The quantitative estimate of drug-likeness (QED) is 0.575. The summed E-state index contributed by atoms with van der Waals surface area (Å²) in [5, 5.41) is 2.91. The first kappa shape index (κ1) is 16.0. The molecule has 0 aliphatic carbocycles. The molecule has 0 heterocycles. The third-order valence-corrected chi connectivity index (χ3v) is 3.92. The summed E-state index contributed by atoms with van der Waals surface area (Å²) in [5.41, 5.74) is 1.89. The number of halogens is 1. The van der Waals surface area contributed by atoms with Crippen LogP contribution in [0.5, 0.6) is 0 Å². The Kier molecular flexibility index (Phi) is 6.69. The van der Waals surface area contributed by atoms with E-state index in [1.165, 1.54) is 5.56 Å². The lowest BCUT2D eigenvalue weighted by Gasteiger charge is -2.07. The van der Waals surface area contributed by atoms with Crippen molar-refractivity contribution < 1.29 is 9.53 Å². The van der Waals surface area contributed by atoms with E-state index >= 15 is 0 Å². The molecule has 3 nitrogen and oxygen atoms in total. The van der Waals surface area contributed by atoms with Crippen LogP contribution >= 0.6 is 22.6 Å². The number of carbonyl (C=O) groups excluding carboxylic acids is 1. The Morgan fingerprint density at radius 2 is 1.76 bits per heavy atom. The standard InChI is InChI=1S/C17H18INO2/c18-16-10-5-4-9-15(16)17(20)19-11-6-12-21-13-14-7-2-1-3-8-14/h1-5,7-10H,6,11-13H2,(H,19,20). The Morgan fingerprint density at radius 1 is 1.05 bits per heavy atom. The van der Waals surface area contributed by atoms with Crippen molar-refractivity contribution in [2.24, 2.45) is 0 Å². The van der Waals surface area contributed by atoms with Gasteiger partial charge in [-0.1, -0.05) is 42.5 Å². The van der Waals surface area contributed by atoms with Crippen molar-refractivity contribution in [3.8, 4) is 0 Å². The Hall–Kier alpha value is -1.40. The molecule has 0 atom stereocenters. The predicted molar refractivity (Wildman–Crippen MR) is 92.2 cm³/mol. The van der Waals surface area contributed by atoms with Gasteiger partial charge in [0.1, 0.15) is 0 Å². The van der Waals surface area contributed by atoms with Gasteiger partial charge in [-0.15, -0.1) is 0 Å². The van der Waals surface area contributed by atoms with E-state index < -0.39 is 0 Å². The van der Waals surface area contributed by atoms with Gasteiger partial charge in [0.15, 0.2) is 0 Å². The minimum Gasteiger partial charge on any atom is -0.377 e. The topological polar surface area (TPSA) is 38.3 Å². The van der Waals surface area contributed by atoms with Crippen molar-refractivity contribution in [1.82, 2.24) is 5.32 Å². The van der Waals surface area contributed by atoms with Gasteiger partial charge in [0.25, 0.3) is 5.91 Å². The van der Waals surface area contributed by atoms with Gasteiger partial charge in [-0.2, -0.15) is 0 Å². The maximum atomic E-state index is 12.0. The summed E-state index contributed by atoms with van der Waals surface area (Å²) in [6.45, 7) is 1.88. The number of hydrogen-bond acceptors (Lipinski definition) is 2. The fraction of sp³-hybridized carbons (Fsp3) is 0.235. The van der Waals surface area contributed by atoms with E-state index in [-0.39, 0.29) is 5.91 Å². The van der Waals surface area contributed by atoms with E-state index in [9.17, 15) is 4.79 Å². The SMILES string of the molecule is O=C(NCCCOCc1ccccc1)c1ccccc1I. The van der Waals surface area contributed by atoms with E-state index in [4.69, 9.17) is 4.74 Å². The summed E-state index contributed by atoms with van der Waals surface area (Å²) >= 11 is 2.17. The summed E-state index contributed by atoms with van der Waals surface area (Å²) in [5.74, 6) is -0.0249. The molecule has 0 aromatic heterocycles. The number of ether oxygens (including phenoxy) is 1. The summed E-state index contributed by atoms with van der Waals surface area (Å²) in [4.78, 5) is 12.0. The number of amides is 1. The molecule has 1 amide bonds. The average molecular weight is 395 g/mol. The van der Waals surface area contributed by atoms with Crippen LogP contribution < -0.4 is 5.32 Å². The molecule has 0 unspecified atom stereocenters. The average Bonchev–Trinajstić information content (AvgIpc) is 2.52. The molecule has 21 heavy (non-hydrogen) atoms. The summed E-state index contributed by atoms with van der Waals surface area (Å²) in [7, 11) is 0. The molecular weight excluding hydrogens is 377 g/mol. The van der Waals surface area contributed by atoms with Crippen LogP contribution in [0.1, 0.15) is 22.3 Å². The van der Waals surface area contributed by atoms with E-state index in [1.54, 1.807) is 0 Å². The summed E-state index contributed by atoms with van der Waals surface area (Å²) < 4.78 is 6.54. The van der Waals surface area contributed by atoms with Gasteiger partial charge in [-0.3, -0.25) is 4.79 Å². The minimum absolute atomic E-state index is 0.0249. The molecule has 110 valence electrons. The number of nitrogens with one attached hydrogen (secondary N) is 1. The van der Waals surface area contributed by atoms with E-state index in [2.05, 4.69) is 27.9 Å². The maximum Gasteiger partial charge on any atom is 0.252 e. The van der Waals surface area contributed by atoms with Gasteiger partial charge in [-0.25, -0.2) is 0 Å². The smallest absolute Gasteiger partial charge is 0.252 e. The second-order valence-corrected chi connectivity index (χ2v) is 5.79. The molecule has 0 aliphatic rings. The Balaban J connectivity index is 1.62. The second kappa shape index (κ2) is 8.79. The molecule has 2 aromatic carbocycles. The van der Waals surface area contributed by atoms with Gasteiger partial charge < -0.3 is 10.1 Å². The number of benzene rings is 2. The van der Waals surface area contributed by atoms with Crippen LogP contribution in [0.25, 0.3) is 0 Å². The highest BCUT2D eigenvalue weighted by atomic mass is 127. The lowest BCUT2D eigenvalue weighted by Crippen LogP contribution is -2.25. The number of rotatable bonds is 7.